The van der Waals surface area contributed by atoms with Gasteiger partial charge >= 0.3 is 6.18 Å². The normalized spacial score (nSPS) is 16.1. The molecule has 1 aliphatic rings. The zero-order chi connectivity index (χ0) is 22.2. The van der Waals surface area contributed by atoms with E-state index < -0.39 is 23.6 Å². The molecule has 1 aliphatic heterocycles. The topological polar surface area (TPSA) is 78.9 Å². The Kier molecular flexibility index (Phi) is 5.86. The van der Waals surface area contributed by atoms with Crippen molar-refractivity contribution in [3.63, 3.8) is 0 Å². The van der Waals surface area contributed by atoms with Crippen molar-refractivity contribution in [1.29, 1.82) is 0 Å². The molecule has 1 saturated heterocycles. The number of carbonyl (C=O) groups is 2. The van der Waals surface area contributed by atoms with Crippen LogP contribution in [0, 0.1) is 0 Å². The Balaban J connectivity index is 2.07. The maximum absolute atomic E-state index is 13.0. The van der Waals surface area contributed by atoms with Crippen molar-refractivity contribution in [1.82, 2.24) is 5.32 Å². The van der Waals surface area contributed by atoms with E-state index in [1.165, 1.54) is 31.4 Å². The van der Waals surface area contributed by atoms with E-state index >= 15 is 0 Å². The number of halogens is 4. The van der Waals surface area contributed by atoms with Gasteiger partial charge in [-0.15, -0.1) is 0 Å². The van der Waals surface area contributed by atoms with Crippen LogP contribution in [0.5, 0.6) is 11.5 Å². The number of nitrogens with zero attached hydrogens (tertiary/aromatic N) is 1. The maximum atomic E-state index is 13.0. The Bertz CT molecular complexity index is 1100. The number of methoxy groups -OCH3 is 1. The highest BCUT2D eigenvalue weighted by Gasteiger charge is 2.36. The third kappa shape index (κ3) is 4.17. The highest BCUT2D eigenvalue weighted by molar-refractivity contribution is 9.10. The van der Waals surface area contributed by atoms with Gasteiger partial charge in [-0.1, -0.05) is 22.0 Å². The smallest absolute Gasteiger partial charge is 0.416 e. The first kappa shape index (κ1) is 21.8. The Morgan fingerprint density at radius 1 is 1.23 bits per heavy atom. The highest BCUT2D eigenvalue weighted by atomic mass is 79.9. The molecular weight excluding hydrogens is 489 g/mol. The molecule has 2 aromatic rings. The summed E-state index contributed by atoms with van der Waals surface area (Å²) in [6.45, 7) is 0. The highest BCUT2D eigenvalue weighted by Crippen LogP contribution is 2.35. The SMILES string of the molecule is COc1cc(/C=C2\C(=O)NC(=S)N(c3cccc(C(F)(F)F)c3)C2=O)c(Br)cc1O. The van der Waals surface area contributed by atoms with E-state index in [1.54, 1.807) is 0 Å². The number of hydrogen-bond acceptors (Lipinski definition) is 5. The lowest BCUT2D eigenvalue weighted by Gasteiger charge is -2.29. The van der Waals surface area contributed by atoms with Crippen LogP contribution in [0.2, 0.25) is 0 Å². The second kappa shape index (κ2) is 8.07. The lowest BCUT2D eigenvalue weighted by atomic mass is 10.1. The molecule has 156 valence electrons. The number of ether oxygens (including phenoxy) is 1. The molecule has 0 bridgehead atoms. The van der Waals surface area contributed by atoms with Gasteiger partial charge < -0.3 is 9.84 Å². The average Bonchev–Trinajstić information content (AvgIpc) is 2.66. The van der Waals surface area contributed by atoms with Crippen molar-refractivity contribution < 1.29 is 32.6 Å². The zero-order valence-corrected chi connectivity index (χ0v) is 17.5. The average molecular weight is 501 g/mol. The molecular formula is C19H12BrF3N2O4S. The summed E-state index contributed by atoms with van der Waals surface area (Å²) in [7, 11) is 1.33. The van der Waals surface area contributed by atoms with Gasteiger partial charge in [0.25, 0.3) is 11.8 Å². The van der Waals surface area contributed by atoms with Crippen LogP contribution in [0.3, 0.4) is 0 Å². The fourth-order valence-electron chi connectivity index (χ4n) is 2.70. The van der Waals surface area contributed by atoms with Gasteiger partial charge in [-0.3, -0.25) is 19.8 Å². The van der Waals surface area contributed by atoms with Crippen molar-refractivity contribution >= 4 is 56.8 Å². The van der Waals surface area contributed by atoms with Crippen LogP contribution >= 0.6 is 28.1 Å². The standard InChI is InChI=1S/C19H12BrF3N2O4S/c1-29-15-6-9(13(20)8-14(15)26)5-12-16(27)24-18(30)25(17(12)28)11-4-2-3-10(7-11)19(21,22)23/h2-8,26H,1H3,(H,24,27,30)/b12-5+. The molecule has 0 aromatic heterocycles. The van der Waals surface area contributed by atoms with E-state index in [2.05, 4.69) is 21.2 Å². The first-order chi connectivity index (χ1) is 14.0. The first-order valence-electron chi connectivity index (χ1n) is 8.18. The van der Waals surface area contributed by atoms with E-state index in [1.807, 2.05) is 0 Å². The third-order valence-corrected chi connectivity index (χ3v) is 5.10. The third-order valence-electron chi connectivity index (χ3n) is 4.13. The molecule has 0 aliphatic carbocycles. The maximum Gasteiger partial charge on any atom is 0.416 e. The number of nitrogens with one attached hydrogen (secondary N) is 1. The van der Waals surface area contributed by atoms with Gasteiger partial charge in [0.2, 0.25) is 0 Å². The number of thiocarbonyl (C=S) groups is 1. The summed E-state index contributed by atoms with van der Waals surface area (Å²) in [6, 6.07) is 6.72. The van der Waals surface area contributed by atoms with E-state index in [-0.39, 0.29) is 27.9 Å². The Labute approximate surface area is 182 Å². The largest absolute Gasteiger partial charge is 0.504 e. The minimum Gasteiger partial charge on any atom is -0.504 e. The van der Waals surface area contributed by atoms with Gasteiger partial charge in [0.15, 0.2) is 16.6 Å². The molecule has 0 spiro atoms. The lowest BCUT2D eigenvalue weighted by molar-refractivity contribution is -0.137. The van der Waals surface area contributed by atoms with Crippen LogP contribution in [-0.4, -0.2) is 29.1 Å². The fourth-order valence-corrected chi connectivity index (χ4v) is 3.43. The molecule has 1 heterocycles. The summed E-state index contributed by atoms with van der Waals surface area (Å²) in [6.07, 6.45) is -3.40. The molecule has 2 amide bonds. The van der Waals surface area contributed by atoms with Crippen molar-refractivity contribution in [2.75, 3.05) is 12.0 Å². The number of phenols is 1. The predicted octanol–water partition coefficient (Wildman–Crippen LogP) is 4.01. The molecule has 0 saturated carbocycles. The molecule has 2 aromatic carbocycles. The zero-order valence-electron chi connectivity index (χ0n) is 15.1. The van der Waals surface area contributed by atoms with Crippen molar-refractivity contribution in [2.45, 2.75) is 6.18 Å². The predicted molar refractivity (Wildman–Crippen MR) is 110 cm³/mol. The number of phenolic OH excluding ortho intramolecular Hbond substituents is 1. The lowest BCUT2D eigenvalue weighted by Crippen LogP contribution is -2.54. The van der Waals surface area contributed by atoms with Crippen molar-refractivity contribution in [3.05, 3.63) is 57.6 Å². The van der Waals surface area contributed by atoms with Gasteiger partial charge in [0.05, 0.1) is 18.4 Å². The molecule has 3 rings (SSSR count). The Morgan fingerprint density at radius 3 is 2.57 bits per heavy atom. The number of benzene rings is 2. The second-order valence-electron chi connectivity index (χ2n) is 6.05. The molecule has 0 unspecified atom stereocenters. The van der Waals surface area contributed by atoms with E-state index in [0.717, 1.165) is 23.1 Å². The summed E-state index contributed by atoms with van der Waals surface area (Å²) in [5.74, 6) is -1.79. The Morgan fingerprint density at radius 2 is 1.93 bits per heavy atom. The van der Waals surface area contributed by atoms with Crippen LogP contribution in [-0.2, 0) is 15.8 Å². The second-order valence-corrected chi connectivity index (χ2v) is 7.29. The number of anilines is 1. The molecule has 1 fully saturated rings. The number of hydrogen-bond donors (Lipinski definition) is 2. The molecule has 30 heavy (non-hydrogen) atoms. The summed E-state index contributed by atoms with van der Waals surface area (Å²) in [4.78, 5) is 26.2. The van der Waals surface area contributed by atoms with Gasteiger partial charge in [-0.25, -0.2) is 0 Å². The first-order valence-corrected chi connectivity index (χ1v) is 9.38. The number of aromatic hydroxyl groups is 1. The molecule has 2 N–H and O–H groups in total. The van der Waals surface area contributed by atoms with E-state index in [0.29, 0.717) is 10.0 Å². The van der Waals surface area contributed by atoms with Crippen LogP contribution in [0.15, 0.2) is 46.4 Å². The fraction of sp³-hybridized carbons (Fsp3) is 0.105. The van der Waals surface area contributed by atoms with E-state index in [4.69, 9.17) is 17.0 Å². The van der Waals surface area contributed by atoms with Crippen LogP contribution in [0.4, 0.5) is 18.9 Å². The van der Waals surface area contributed by atoms with Gasteiger partial charge in [-0.05, 0) is 54.2 Å². The summed E-state index contributed by atoms with van der Waals surface area (Å²) in [5.41, 5.74) is -1.16. The summed E-state index contributed by atoms with van der Waals surface area (Å²) in [5, 5.41) is 11.8. The van der Waals surface area contributed by atoms with Crippen LogP contribution in [0.1, 0.15) is 11.1 Å². The van der Waals surface area contributed by atoms with Crippen molar-refractivity contribution in [2.24, 2.45) is 0 Å². The van der Waals surface area contributed by atoms with E-state index in [9.17, 15) is 27.9 Å². The quantitative estimate of drug-likeness (QED) is 0.378. The van der Waals surface area contributed by atoms with Crippen molar-refractivity contribution in [3.8, 4) is 11.5 Å². The van der Waals surface area contributed by atoms with Gasteiger partial charge in [0.1, 0.15) is 5.57 Å². The number of amides is 2. The summed E-state index contributed by atoms with van der Waals surface area (Å²) < 4.78 is 44.5. The Hall–Kier alpha value is -2.92. The molecule has 6 nitrogen and oxygen atoms in total. The van der Waals surface area contributed by atoms with Gasteiger partial charge in [-0.2, -0.15) is 13.2 Å². The molecule has 0 radical (unpaired) electrons. The number of rotatable bonds is 3. The molecule has 11 heteroatoms. The van der Waals surface area contributed by atoms with Gasteiger partial charge in [0, 0.05) is 4.47 Å². The van der Waals surface area contributed by atoms with Crippen LogP contribution < -0.4 is 15.0 Å². The number of carbonyl (C=O) groups excluding carboxylic acids is 2. The van der Waals surface area contributed by atoms with Crippen LogP contribution in [0.25, 0.3) is 6.08 Å². The molecule has 0 atom stereocenters. The number of alkyl halides is 3. The minimum atomic E-state index is -4.62. The monoisotopic (exact) mass is 500 g/mol. The summed E-state index contributed by atoms with van der Waals surface area (Å²) >= 11 is 8.22. The minimum absolute atomic E-state index is 0.0963.